The van der Waals surface area contributed by atoms with Gasteiger partial charge in [-0.1, -0.05) is 48.2 Å². The molecule has 0 fully saturated rings. The molecule has 1 heterocycles. The molecule has 0 aliphatic carbocycles. The van der Waals surface area contributed by atoms with Crippen molar-refractivity contribution in [2.75, 3.05) is 34.7 Å². The summed E-state index contributed by atoms with van der Waals surface area (Å²) in [4.78, 5) is 19.7. The van der Waals surface area contributed by atoms with Crippen molar-refractivity contribution in [1.29, 1.82) is 0 Å². The highest BCUT2D eigenvalue weighted by Crippen LogP contribution is 2.51. The number of fused-ring (bicyclic) bond motifs is 2. The smallest absolute Gasteiger partial charge is 0.237 e. The highest BCUT2D eigenvalue weighted by Gasteiger charge is 2.47. The fraction of sp³-hybridized carbons (Fsp3) is 0.350. The van der Waals surface area contributed by atoms with Gasteiger partial charge in [0, 0.05) is 23.9 Å². The van der Waals surface area contributed by atoms with Crippen LogP contribution < -0.4 is 0 Å². The van der Waals surface area contributed by atoms with E-state index in [1.807, 2.05) is 26.2 Å². The van der Waals surface area contributed by atoms with Crippen LogP contribution in [0, 0.1) is 0 Å². The Hall–Kier alpha value is -1.78. The molecule has 0 saturated heterocycles. The maximum atomic E-state index is 13.5. The highest BCUT2D eigenvalue weighted by molar-refractivity contribution is 7.99. The average Bonchev–Trinajstić information content (AvgIpc) is 2.58. The van der Waals surface area contributed by atoms with E-state index in [0.717, 1.165) is 24.1 Å². The van der Waals surface area contributed by atoms with Crippen molar-refractivity contribution >= 4 is 17.7 Å². The molecule has 1 amide bonds. The van der Waals surface area contributed by atoms with Gasteiger partial charge in [0.25, 0.3) is 0 Å². The minimum absolute atomic E-state index is 0.157. The summed E-state index contributed by atoms with van der Waals surface area (Å²) in [5.41, 5.74) is 1.65. The van der Waals surface area contributed by atoms with Crippen molar-refractivity contribution in [2.45, 2.75) is 21.6 Å². The van der Waals surface area contributed by atoms with Gasteiger partial charge in [-0.05, 0) is 50.3 Å². The van der Waals surface area contributed by atoms with E-state index in [1.54, 1.807) is 16.7 Å². The maximum Gasteiger partial charge on any atom is 0.237 e. The predicted molar refractivity (Wildman–Crippen MR) is 99.7 cm³/mol. The molecule has 1 aliphatic heterocycles. The molecule has 2 aromatic carbocycles. The first kappa shape index (κ1) is 17.1. The number of amides is 1. The Balaban J connectivity index is 2.27. The Morgan fingerprint density at radius 2 is 1.42 bits per heavy atom. The van der Waals surface area contributed by atoms with E-state index < -0.39 is 5.41 Å². The molecule has 4 heteroatoms. The predicted octanol–water partition coefficient (Wildman–Crippen LogP) is 3.48. The summed E-state index contributed by atoms with van der Waals surface area (Å²) in [7, 11) is 7.83. The molecule has 0 unspecified atom stereocenters. The Morgan fingerprint density at radius 1 is 0.917 bits per heavy atom. The van der Waals surface area contributed by atoms with Gasteiger partial charge in [0.1, 0.15) is 5.41 Å². The number of carbonyl (C=O) groups excluding carboxylic acids is 1. The van der Waals surface area contributed by atoms with Crippen LogP contribution in [0.25, 0.3) is 0 Å². The van der Waals surface area contributed by atoms with Gasteiger partial charge in [-0.25, -0.2) is 0 Å². The normalized spacial score (nSPS) is 14.9. The molecule has 1 aliphatic rings. The Labute approximate surface area is 148 Å². The fourth-order valence-electron chi connectivity index (χ4n) is 3.46. The van der Waals surface area contributed by atoms with Crippen molar-refractivity contribution in [1.82, 2.24) is 9.80 Å². The quantitative estimate of drug-likeness (QED) is 0.851. The third-order valence-electron chi connectivity index (χ3n) is 4.62. The van der Waals surface area contributed by atoms with E-state index in [1.165, 1.54) is 9.79 Å². The highest BCUT2D eigenvalue weighted by atomic mass is 32.2. The van der Waals surface area contributed by atoms with Crippen LogP contribution in [0.4, 0.5) is 0 Å². The number of likely N-dealkylation sites (N-methyl/N-ethyl adjacent to an activating group) is 1. The zero-order valence-corrected chi connectivity index (χ0v) is 15.6. The van der Waals surface area contributed by atoms with Crippen molar-refractivity contribution < 1.29 is 4.79 Å². The largest absolute Gasteiger partial charge is 0.348 e. The van der Waals surface area contributed by atoms with Crippen LogP contribution >= 0.6 is 11.8 Å². The van der Waals surface area contributed by atoms with Crippen LogP contribution in [-0.2, 0) is 10.2 Å². The van der Waals surface area contributed by atoms with E-state index in [9.17, 15) is 4.79 Å². The van der Waals surface area contributed by atoms with Crippen LogP contribution in [0.5, 0.6) is 0 Å². The van der Waals surface area contributed by atoms with Gasteiger partial charge in [-0.3, -0.25) is 4.79 Å². The van der Waals surface area contributed by atoms with Gasteiger partial charge in [0.15, 0.2) is 0 Å². The van der Waals surface area contributed by atoms with Gasteiger partial charge in [0.05, 0.1) is 0 Å². The summed E-state index contributed by atoms with van der Waals surface area (Å²) in [5, 5.41) is 0. The molecule has 3 nitrogen and oxygen atoms in total. The van der Waals surface area contributed by atoms with Crippen LogP contribution in [0.15, 0.2) is 58.3 Å². The van der Waals surface area contributed by atoms with Crippen LogP contribution in [-0.4, -0.2) is 50.4 Å². The third kappa shape index (κ3) is 2.74. The molecule has 0 N–H and O–H groups in total. The van der Waals surface area contributed by atoms with Gasteiger partial charge in [-0.2, -0.15) is 0 Å². The zero-order valence-electron chi connectivity index (χ0n) is 14.7. The lowest BCUT2D eigenvalue weighted by molar-refractivity contribution is -0.133. The SMILES string of the molecule is CN(C)CCC1(C(=O)N(C)C)c2ccccc2Sc2ccccc21. The monoisotopic (exact) mass is 340 g/mol. The van der Waals surface area contributed by atoms with Gasteiger partial charge >= 0.3 is 0 Å². The van der Waals surface area contributed by atoms with Crippen LogP contribution in [0.3, 0.4) is 0 Å². The number of benzene rings is 2. The van der Waals surface area contributed by atoms with Crippen LogP contribution in [0.1, 0.15) is 17.5 Å². The van der Waals surface area contributed by atoms with Crippen molar-refractivity contribution in [3.8, 4) is 0 Å². The molecule has 0 saturated carbocycles. The third-order valence-corrected chi connectivity index (χ3v) is 5.77. The van der Waals surface area contributed by atoms with E-state index in [-0.39, 0.29) is 5.91 Å². The molecule has 0 atom stereocenters. The summed E-state index contributed by atoms with van der Waals surface area (Å²) in [6.45, 7) is 0.854. The van der Waals surface area contributed by atoms with Gasteiger partial charge in [0.2, 0.25) is 5.91 Å². The first-order chi connectivity index (χ1) is 11.5. The van der Waals surface area contributed by atoms with Crippen molar-refractivity contribution in [2.24, 2.45) is 0 Å². The van der Waals surface area contributed by atoms with Crippen molar-refractivity contribution in [3.63, 3.8) is 0 Å². The van der Waals surface area contributed by atoms with E-state index in [2.05, 4.69) is 55.4 Å². The molecule has 2 aromatic rings. The molecule has 0 radical (unpaired) electrons. The first-order valence-corrected chi connectivity index (χ1v) is 9.02. The van der Waals surface area contributed by atoms with E-state index in [4.69, 9.17) is 0 Å². The standard InChI is InChI=1S/C20H24N2OS/c1-21(2)14-13-20(19(23)22(3)4)15-9-5-7-11-17(15)24-18-12-8-6-10-16(18)20/h5-12H,13-14H2,1-4H3. The zero-order chi connectivity index (χ0) is 17.3. The maximum absolute atomic E-state index is 13.5. The van der Waals surface area contributed by atoms with Crippen molar-refractivity contribution in [3.05, 3.63) is 59.7 Å². The number of nitrogens with zero attached hydrogens (tertiary/aromatic N) is 2. The second-order valence-corrected chi connectivity index (χ2v) is 7.84. The number of rotatable bonds is 4. The molecular formula is C20H24N2OS. The minimum atomic E-state index is -0.619. The Kier molecular flexibility index (Phi) is 4.70. The number of hydrogen-bond acceptors (Lipinski definition) is 3. The van der Waals surface area contributed by atoms with Crippen LogP contribution in [0.2, 0.25) is 0 Å². The molecule has 24 heavy (non-hydrogen) atoms. The summed E-state index contributed by atoms with van der Waals surface area (Å²) < 4.78 is 0. The summed E-state index contributed by atoms with van der Waals surface area (Å²) in [6, 6.07) is 16.7. The Bertz CT molecular complexity index is 709. The summed E-state index contributed by atoms with van der Waals surface area (Å²) in [5.74, 6) is 0.157. The average molecular weight is 340 g/mol. The topological polar surface area (TPSA) is 23.6 Å². The Morgan fingerprint density at radius 3 is 1.88 bits per heavy atom. The lowest BCUT2D eigenvalue weighted by Crippen LogP contribution is -2.47. The van der Waals surface area contributed by atoms with E-state index in [0.29, 0.717) is 0 Å². The fourth-order valence-corrected chi connectivity index (χ4v) is 4.69. The molecule has 0 spiro atoms. The summed E-state index contributed by atoms with van der Waals surface area (Å²) in [6.07, 6.45) is 0.769. The molecule has 126 valence electrons. The minimum Gasteiger partial charge on any atom is -0.348 e. The van der Waals surface area contributed by atoms with Gasteiger partial charge < -0.3 is 9.80 Å². The number of carbonyl (C=O) groups is 1. The first-order valence-electron chi connectivity index (χ1n) is 8.20. The second kappa shape index (κ2) is 6.61. The van der Waals surface area contributed by atoms with E-state index >= 15 is 0 Å². The lowest BCUT2D eigenvalue weighted by Gasteiger charge is -2.41. The summed E-state index contributed by atoms with van der Waals surface area (Å²) >= 11 is 1.76. The number of hydrogen-bond donors (Lipinski definition) is 0. The second-order valence-electron chi connectivity index (χ2n) is 6.75. The van der Waals surface area contributed by atoms with Gasteiger partial charge in [-0.15, -0.1) is 0 Å². The lowest BCUT2D eigenvalue weighted by atomic mass is 9.70. The molecule has 3 rings (SSSR count). The molecule has 0 bridgehead atoms. The molecule has 0 aromatic heterocycles. The molecular weight excluding hydrogens is 316 g/mol.